The van der Waals surface area contributed by atoms with E-state index >= 15 is 0 Å². The number of thiophene rings is 1. The van der Waals surface area contributed by atoms with Gasteiger partial charge in [-0.3, -0.25) is 9.59 Å². The minimum atomic E-state index is -0.832. The van der Waals surface area contributed by atoms with Crippen LogP contribution < -0.4 is 15.6 Å². The highest BCUT2D eigenvalue weighted by atomic mass is 35.5. The number of anilines is 1. The van der Waals surface area contributed by atoms with Crippen LogP contribution in [0.15, 0.2) is 64.8 Å². The van der Waals surface area contributed by atoms with Crippen molar-refractivity contribution in [1.29, 1.82) is 0 Å². The molecule has 2 aromatic carbocycles. The molecule has 0 radical (unpaired) electrons. The number of hydrogen-bond acceptors (Lipinski definition) is 7. The van der Waals surface area contributed by atoms with Crippen molar-refractivity contribution in [3.8, 4) is 11.4 Å². The van der Waals surface area contributed by atoms with E-state index in [-0.39, 0.29) is 22.7 Å². The standard InChI is InChI=1S/C24H20ClN3O5S/c1-3-32-24(31)20-18-13-34-22(26-21(29)14(2)33-17-10-5-4-6-11-17)19(18)23(30)28(27-20)16-9-7-8-15(25)12-16/h4-14H,3H2,1-2H3,(H,26,29). The van der Waals surface area contributed by atoms with Crippen molar-refractivity contribution < 1.29 is 19.1 Å². The molecule has 10 heteroatoms. The third-order valence-electron chi connectivity index (χ3n) is 4.84. The first-order valence-electron chi connectivity index (χ1n) is 10.4. The Morgan fingerprint density at radius 2 is 1.94 bits per heavy atom. The fraction of sp³-hybridized carbons (Fsp3) is 0.167. The first-order chi connectivity index (χ1) is 16.4. The lowest BCUT2D eigenvalue weighted by Crippen LogP contribution is -2.31. The number of nitrogens with one attached hydrogen (secondary N) is 1. The molecule has 0 spiro atoms. The summed E-state index contributed by atoms with van der Waals surface area (Å²) in [5.74, 6) is -0.589. The SMILES string of the molecule is CCOC(=O)c1nn(-c2cccc(Cl)c2)c(=O)c2c(NC(=O)C(C)Oc3ccccc3)scc12. The van der Waals surface area contributed by atoms with Crippen molar-refractivity contribution in [3.63, 3.8) is 0 Å². The van der Waals surface area contributed by atoms with Crippen LogP contribution in [0.3, 0.4) is 0 Å². The summed E-state index contributed by atoms with van der Waals surface area (Å²) in [6, 6.07) is 15.4. The molecule has 0 aliphatic carbocycles. The van der Waals surface area contributed by atoms with Crippen molar-refractivity contribution >= 4 is 50.6 Å². The van der Waals surface area contributed by atoms with Gasteiger partial charge >= 0.3 is 5.97 Å². The molecule has 174 valence electrons. The van der Waals surface area contributed by atoms with Gasteiger partial charge in [0.05, 0.1) is 17.7 Å². The Morgan fingerprint density at radius 1 is 1.18 bits per heavy atom. The summed E-state index contributed by atoms with van der Waals surface area (Å²) in [7, 11) is 0. The van der Waals surface area contributed by atoms with E-state index in [0.29, 0.717) is 21.8 Å². The molecule has 0 bridgehead atoms. The van der Waals surface area contributed by atoms with E-state index in [2.05, 4.69) is 10.4 Å². The quantitative estimate of drug-likeness (QED) is 0.372. The summed E-state index contributed by atoms with van der Waals surface area (Å²) in [4.78, 5) is 38.9. The number of carbonyl (C=O) groups excluding carboxylic acids is 2. The largest absolute Gasteiger partial charge is 0.481 e. The highest BCUT2D eigenvalue weighted by Crippen LogP contribution is 2.31. The average molecular weight is 498 g/mol. The number of carbonyl (C=O) groups is 2. The van der Waals surface area contributed by atoms with Gasteiger partial charge in [-0.15, -0.1) is 11.3 Å². The Morgan fingerprint density at radius 3 is 2.65 bits per heavy atom. The maximum atomic E-state index is 13.4. The number of fused-ring (bicyclic) bond motifs is 1. The third kappa shape index (κ3) is 4.80. The van der Waals surface area contributed by atoms with Crippen LogP contribution >= 0.6 is 22.9 Å². The number of esters is 1. The minimum Gasteiger partial charge on any atom is -0.481 e. The van der Waals surface area contributed by atoms with Crippen molar-refractivity contribution in [2.75, 3.05) is 11.9 Å². The smallest absolute Gasteiger partial charge is 0.359 e. The Labute approximate surface area is 203 Å². The van der Waals surface area contributed by atoms with Crippen molar-refractivity contribution in [2.45, 2.75) is 20.0 Å². The second kappa shape index (κ2) is 10.1. The highest BCUT2D eigenvalue weighted by Gasteiger charge is 2.24. The lowest BCUT2D eigenvalue weighted by atomic mass is 10.2. The topological polar surface area (TPSA) is 99.5 Å². The van der Waals surface area contributed by atoms with Crippen LogP contribution in [0.1, 0.15) is 24.3 Å². The van der Waals surface area contributed by atoms with Gasteiger partial charge < -0.3 is 14.8 Å². The molecule has 0 aliphatic heterocycles. The van der Waals surface area contributed by atoms with Gasteiger partial charge in [0, 0.05) is 15.8 Å². The first kappa shape index (κ1) is 23.5. The normalized spacial score (nSPS) is 11.7. The van der Waals surface area contributed by atoms with E-state index in [1.54, 1.807) is 67.8 Å². The second-order valence-electron chi connectivity index (χ2n) is 7.18. The second-order valence-corrected chi connectivity index (χ2v) is 8.50. The predicted molar refractivity (Wildman–Crippen MR) is 131 cm³/mol. The van der Waals surface area contributed by atoms with E-state index < -0.39 is 23.5 Å². The van der Waals surface area contributed by atoms with Crippen LogP contribution in [-0.4, -0.2) is 34.4 Å². The molecule has 1 atom stereocenters. The summed E-state index contributed by atoms with van der Waals surface area (Å²) in [5.41, 5.74) is -0.186. The molecule has 0 aliphatic rings. The third-order valence-corrected chi connectivity index (χ3v) is 5.97. The molecule has 0 fully saturated rings. The number of benzene rings is 2. The zero-order chi connectivity index (χ0) is 24.2. The number of ether oxygens (including phenoxy) is 2. The van der Waals surface area contributed by atoms with Crippen LogP contribution in [0.25, 0.3) is 16.5 Å². The maximum absolute atomic E-state index is 13.4. The van der Waals surface area contributed by atoms with Gasteiger partial charge in [-0.2, -0.15) is 9.78 Å². The van der Waals surface area contributed by atoms with Gasteiger partial charge in [0.2, 0.25) is 0 Å². The number of para-hydroxylation sites is 1. The van der Waals surface area contributed by atoms with Crippen molar-refractivity contribution in [1.82, 2.24) is 9.78 Å². The highest BCUT2D eigenvalue weighted by molar-refractivity contribution is 7.16. The first-order valence-corrected chi connectivity index (χ1v) is 11.6. The van der Waals surface area contributed by atoms with E-state index in [1.165, 1.54) is 0 Å². The Hall–Kier alpha value is -3.69. The van der Waals surface area contributed by atoms with Crippen LogP contribution in [-0.2, 0) is 9.53 Å². The summed E-state index contributed by atoms with van der Waals surface area (Å²) in [6.45, 7) is 3.42. The minimum absolute atomic E-state index is 0.0400. The Balaban J connectivity index is 1.77. The number of rotatable bonds is 7. The number of halogens is 1. The molecule has 1 unspecified atom stereocenters. The summed E-state index contributed by atoms with van der Waals surface area (Å²) < 4.78 is 11.9. The lowest BCUT2D eigenvalue weighted by Gasteiger charge is -2.14. The number of aromatic nitrogens is 2. The summed E-state index contributed by atoms with van der Waals surface area (Å²) in [6.07, 6.45) is -0.832. The zero-order valence-electron chi connectivity index (χ0n) is 18.3. The number of hydrogen-bond donors (Lipinski definition) is 1. The van der Waals surface area contributed by atoms with Gasteiger partial charge in [0.1, 0.15) is 10.8 Å². The van der Waals surface area contributed by atoms with E-state index in [0.717, 1.165) is 16.0 Å². The molecule has 1 amide bonds. The Kier molecular flexibility index (Phi) is 6.95. The van der Waals surface area contributed by atoms with E-state index in [9.17, 15) is 14.4 Å². The van der Waals surface area contributed by atoms with Gasteiger partial charge in [0.25, 0.3) is 11.5 Å². The average Bonchev–Trinajstić information content (AvgIpc) is 3.24. The molecule has 2 aromatic heterocycles. The fourth-order valence-electron chi connectivity index (χ4n) is 3.25. The molecule has 2 heterocycles. The van der Waals surface area contributed by atoms with E-state index in [4.69, 9.17) is 21.1 Å². The van der Waals surface area contributed by atoms with Crippen LogP contribution in [0.4, 0.5) is 5.00 Å². The van der Waals surface area contributed by atoms with Crippen molar-refractivity contribution in [2.24, 2.45) is 0 Å². The van der Waals surface area contributed by atoms with Crippen LogP contribution in [0.5, 0.6) is 5.75 Å². The molecule has 0 saturated heterocycles. The van der Waals surface area contributed by atoms with Gasteiger partial charge in [-0.1, -0.05) is 35.9 Å². The molecule has 8 nitrogen and oxygen atoms in total. The summed E-state index contributed by atoms with van der Waals surface area (Å²) in [5, 5.41) is 9.70. The van der Waals surface area contributed by atoms with E-state index in [1.807, 2.05) is 6.07 Å². The van der Waals surface area contributed by atoms with Gasteiger partial charge in [0.15, 0.2) is 11.8 Å². The molecule has 4 rings (SSSR count). The predicted octanol–water partition coefficient (Wildman–Crippen LogP) is 4.68. The molecule has 0 saturated carbocycles. The number of nitrogens with zero attached hydrogens (tertiary/aromatic N) is 2. The molecule has 34 heavy (non-hydrogen) atoms. The fourth-order valence-corrected chi connectivity index (χ4v) is 4.37. The summed E-state index contributed by atoms with van der Waals surface area (Å²) >= 11 is 7.21. The monoisotopic (exact) mass is 497 g/mol. The molecule has 4 aromatic rings. The lowest BCUT2D eigenvalue weighted by molar-refractivity contribution is -0.122. The van der Waals surface area contributed by atoms with Gasteiger partial charge in [-0.05, 0) is 44.2 Å². The number of amides is 1. The van der Waals surface area contributed by atoms with Gasteiger partial charge in [-0.25, -0.2) is 4.79 Å². The zero-order valence-corrected chi connectivity index (χ0v) is 19.9. The van der Waals surface area contributed by atoms with Crippen LogP contribution in [0.2, 0.25) is 5.02 Å². The van der Waals surface area contributed by atoms with Crippen molar-refractivity contribution in [3.05, 3.63) is 81.0 Å². The Bertz CT molecular complexity index is 1420. The molecular formula is C24H20ClN3O5S. The molecule has 1 N–H and O–H groups in total. The van der Waals surface area contributed by atoms with Crippen LogP contribution in [0, 0.1) is 0 Å². The molecular weight excluding hydrogens is 478 g/mol. The maximum Gasteiger partial charge on any atom is 0.359 e.